The van der Waals surface area contributed by atoms with E-state index in [4.69, 9.17) is 44.4 Å². The van der Waals surface area contributed by atoms with Crippen LogP contribution in [-0.4, -0.2) is 92.1 Å². The molecule has 325 valence electrons. The molecule has 13 radical (unpaired) electrons. The Morgan fingerprint density at radius 2 is 1.20 bits per heavy atom. The fourth-order valence-corrected chi connectivity index (χ4v) is 16.3. The van der Waals surface area contributed by atoms with Crippen LogP contribution in [0.3, 0.4) is 0 Å². The summed E-state index contributed by atoms with van der Waals surface area (Å²) >= 11 is 1.76. The van der Waals surface area contributed by atoms with E-state index in [1.54, 1.807) is 10.6 Å². The van der Waals surface area contributed by atoms with Crippen LogP contribution in [-0.2, 0) is 9.59 Å². The molecule has 0 aromatic rings. The van der Waals surface area contributed by atoms with Gasteiger partial charge in [-0.1, -0.05) is 45.8 Å². The zero-order valence-electron chi connectivity index (χ0n) is 38.3. The molecular formula is C44H70B9I4O4. The molecule has 7 fully saturated rings. The monoisotopic (exact) mass is 1270 g/mol. The van der Waals surface area contributed by atoms with Gasteiger partial charge >= 0.3 is 126 Å². The Morgan fingerprint density at radius 1 is 0.689 bits per heavy atom. The molecule has 0 heterocycles. The van der Waals surface area contributed by atoms with Gasteiger partial charge in [0.05, 0.1) is 12.2 Å². The molecular weight excluding hydrogens is 1200 g/mol. The second kappa shape index (κ2) is 22.9. The average molecular weight is 1270 g/mol. The Morgan fingerprint density at radius 3 is 1.70 bits per heavy atom. The number of halogens is 4. The van der Waals surface area contributed by atoms with Gasteiger partial charge in [0, 0.05) is 11.8 Å². The molecule has 0 saturated heterocycles. The summed E-state index contributed by atoms with van der Waals surface area (Å²) in [6, 6.07) is 0. The number of carbonyl (C=O) groups excluding carboxylic acids is 2. The number of carbonyl (C=O) groups is 2. The Balaban J connectivity index is 0.000000180. The minimum atomic E-state index is -1.36. The van der Waals surface area contributed by atoms with Crippen molar-refractivity contribution >= 4 is 138 Å². The topological polar surface area (TPSA) is 74.6 Å². The number of hydrogen-bond acceptors (Lipinski definition) is 4. The van der Waals surface area contributed by atoms with Crippen molar-refractivity contribution in [3.05, 3.63) is 11.6 Å². The first-order valence-corrected chi connectivity index (χ1v) is 41.2. The van der Waals surface area contributed by atoms with Gasteiger partial charge in [-0.25, -0.2) is 0 Å². The molecule has 8 aliphatic carbocycles. The van der Waals surface area contributed by atoms with Crippen LogP contribution in [0.5, 0.6) is 0 Å². The molecule has 8 rings (SSSR count). The summed E-state index contributed by atoms with van der Waals surface area (Å²) in [5, 5.41) is 22.2. The van der Waals surface area contributed by atoms with Gasteiger partial charge in [-0.05, 0) is 193 Å². The van der Waals surface area contributed by atoms with Gasteiger partial charge in [0.25, 0.3) is 0 Å². The number of aliphatic hydroxyl groups is 2. The van der Waals surface area contributed by atoms with Gasteiger partial charge < -0.3 is 10.2 Å². The van der Waals surface area contributed by atoms with Crippen LogP contribution in [0.15, 0.2) is 11.6 Å². The second-order valence-corrected chi connectivity index (χ2v) is 41.2. The van der Waals surface area contributed by atoms with Crippen molar-refractivity contribution < 1.29 is 19.8 Å². The maximum atomic E-state index is 12.2. The molecule has 0 aromatic carbocycles. The molecule has 61 heavy (non-hydrogen) atoms. The Hall–Kier alpha value is 2.50. The SMILES string of the molecule is CC(=O)[C@H]1CC[C@H]2[C@@H]3CC=C4C[C@H](O)CCC[C@]4(C)[C@H]3CC[C@]12C.CC(=O)[C@H]1CC[C@H]2[C@@H]3CC[C@H]4C[C@H](O)CCC[C@]4(C)[C@H]3CC[C@]12C.[B]B([B])I([B])I.[B][B]I(I)B([B])[B]. The average Bonchev–Trinajstić information content (AvgIpc) is 3.63. The summed E-state index contributed by atoms with van der Waals surface area (Å²) in [7, 11) is 26.0. The normalized spacial score (nSPS) is 43.6. The number of aliphatic hydroxyl groups excluding tert-OH is 2. The van der Waals surface area contributed by atoms with Crippen molar-refractivity contribution in [2.75, 3.05) is 0 Å². The van der Waals surface area contributed by atoms with E-state index in [1.807, 2.05) is 13.8 Å². The van der Waals surface area contributed by atoms with Gasteiger partial charge in [-0.15, -0.1) is 0 Å². The van der Waals surface area contributed by atoms with Crippen LogP contribution in [0.2, 0.25) is 0 Å². The van der Waals surface area contributed by atoms with E-state index in [0.717, 1.165) is 86.4 Å². The van der Waals surface area contributed by atoms with Crippen LogP contribution in [0.25, 0.3) is 0 Å². The third kappa shape index (κ3) is 11.9. The molecule has 4 nitrogen and oxygen atoms in total. The third-order valence-electron chi connectivity index (χ3n) is 18.8. The standard InChI is InChI=1S/C22H36O2.C22H34O2.B5I2.B4I2/c2*1-14(23)18-8-9-19-17-7-6-15-13-16(24)5-4-11-21(15,2)20(17)10-12-22(18,19)3;1-4-7(6)5(2)3;1-4(2)6(3)5/h15-20,24H,4-13H2,1-3H3;6,16-20,24H,4-5,7-13H2,1-3H3;;/t15-,16+,17-,18+,19-,20-,21-,22+;16-,17+,18-,19+,20+,21+,22-;;/m01../s1. The van der Waals surface area contributed by atoms with Crippen molar-refractivity contribution in [1.29, 1.82) is 0 Å². The van der Waals surface area contributed by atoms with Gasteiger partial charge in [-0.2, -0.15) is 0 Å². The zero-order valence-corrected chi connectivity index (χ0v) is 46.9. The van der Waals surface area contributed by atoms with E-state index < -0.39 is 30.8 Å². The molecule has 8 aliphatic rings. The Labute approximate surface area is 415 Å². The molecule has 17 heteroatoms. The van der Waals surface area contributed by atoms with Crippen molar-refractivity contribution in [3.8, 4) is 0 Å². The number of hydrogen-bond donors (Lipinski definition) is 2. The summed E-state index contributed by atoms with van der Waals surface area (Å²) in [6.45, 7) is 13.6. The van der Waals surface area contributed by atoms with Crippen LogP contribution in [0, 0.1) is 74.9 Å². The van der Waals surface area contributed by atoms with E-state index in [1.165, 1.54) is 77.0 Å². The molecule has 0 aliphatic heterocycles. The molecule has 0 amide bonds. The van der Waals surface area contributed by atoms with E-state index >= 15 is 0 Å². The molecule has 0 spiro atoms. The molecule has 0 bridgehead atoms. The predicted molar refractivity (Wildman–Crippen MR) is 301 cm³/mol. The van der Waals surface area contributed by atoms with E-state index in [0.29, 0.717) is 34.2 Å². The first-order chi connectivity index (χ1) is 28.5. The van der Waals surface area contributed by atoms with Crippen LogP contribution in [0.4, 0.5) is 0 Å². The molecule has 15 atom stereocenters. The van der Waals surface area contributed by atoms with E-state index in [-0.39, 0.29) is 31.7 Å². The van der Waals surface area contributed by atoms with Crippen LogP contribution in [0.1, 0.15) is 164 Å². The fraction of sp³-hybridized carbons (Fsp3) is 0.909. The number of rotatable bonds is 5. The summed E-state index contributed by atoms with van der Waals surface area (Å²) < 4.78 is -0.399. The minimum absolute atomic E-state index is 0.0594. The van der Waals surface area contributed by atoms with E-state index in [9.17, 15) is 19.8 Å². The third-order valence-corrected chi connectivity index (χ3v) is 31.3. The predicted octanol–water partition coefficient (Wildman–Crippen LogP) is 10.0. The molecule has 7 saturated carbocycles. The van der Waals surface area contributed by atoms with Gasteiger partial charge in [0.1, 0.15) is 11.6 Å². The molecule has 2 N–H and O–H groups in total. The van der Waals surface area contributed by atoms with Crippen molar-refractivity contribution in [2.24, 2.45) is 74.9 Å². The quantitative estimate of drug-likeness (QED) is 0.164. The number of allylic oxidation sites excluding steroid dienone is 1. The number of fused-ring (bicyclic) bond motifs is 10. The number of ketones is 2. The molecule has 0 unspecified atom stereocenters. The Bertz CT molecular complexity index is 1530. The summed E-state index contributed by atoms with van der Waals surface area (Å²) in [5.74, 6) is 6.93. The van der Waals surface area contributed by atoms with Crippen LogP contribution < -0.4 is 0 Å². The van der Waals surface area contributed by atoms with E-state index in [2.05, 4.69) is 71.0 Å². The summed E-state index contributed by atoms with van der Waals surface area (Å²) in [5.41, 5.74) is 8.15. The van der Waals surface area contributed by atoms with Crippen molar-refractivity contribution in [3.63, 3.8) is 0 Å². The first kappa shape index (κ1) is 54.4. The van der Waals surface area contributed by atoms with Crippen molar-refractivity contribution in [2.45, 2.75) is 176 Å². The summed E-state index contributed by atoms with van der Waals surface area (Å²) in [4.78, 5) is 24.4. The van der Waals surface area contributed by atoms with Gasteiger partial charge in [0.15, 0.2) is 0 Å². The summed E-state index contributed by atoms with van der Waals surface area (Å²) in [6.07, 6.45) is 24.9. The maximum absolute atomic E-state index is 12.2. The van der Waals surface area contributed by atoms with Gasteiger partial charge in [0.2, 0.25) is 0 Å². The van der Waals surface area contributed by atoms with Crippen molar-refractivity contribution in [1.82, 2.24) is 0 Å². The van der Waals surface area contributed by atoms with Gasteiger partial charge in [-0.3, -0.25) is 9.59 Å². The zero-order chi connectivity index (χ0) is 45.2. The number of Topliss-reactive ketones (excluding diaryl/α,β-unsaturated/α-hetero) is 2. The molecule has 0 aromatic heterocycles. The van der Waals surface area contributed by atoms with Crippen LogP contribution >= 0.6 is 68.1 Å². The second-order valence-electron chi connectivity index (χ2n) is 21.6. The fourth-order valence-electron chi connectivity index (χ4n) is 15.8. The first-order valence-electron chi connectivity index (χ1n) is 23.6. The Kier molecular flexibility index (Phi) is 20.5.